The van der Waals surface area contributed by atoms with Crippen LogP contribution in [0.15, 0.2) is 6.20 Å². The van der Waals surface area contributed by atoms with Gasteiger partial charge in [-0.2, -0.15) is 0 Å². The Kier molecular flexibility index (Phi) is 4.89. The molecular formula is C13H21N5O3. The van der Waals surface area contributed by atoms with Crippen molar-refractivity contribution in [3.8, 4) is 0 Å². The van der Waals surface area contributed by atoms with E-state index < -0.39 is 5.97 Å². The number of hydrogen-bond donors (Lipinski definition) is 2. The topological polar surface area (TPSA) is 100 Å². The standard InChI is InChI=1S/C13H21N5O3/c1-3-4-9(2)14-12(19)8-17-5-10(6-17)18-7-11(13(20)21)15-16-18/h7,9-10H,3-6,8H2,1-2H3,(H,14,19)(H,20,21). The van der Waals surface area contributed by atoms with E-state index in [1.807, 2.05) is 11.8 Å². The summed E-state index contributed by atoms with van der Waals surface area (Å²) in [6, 6.07) is 0.291. The van der Waals surface area contributed by atoms with E-state index in [4.69, 9.17) is 5.11 Å². The van der Waals surface area contributed by atoms with Crippen molar-refractivity contribution in [3.05, 3.63) is 11.9 Å². The first-order valence-electron chi connectivity index (χ1n) is 7.16. The second kappa shape index (κ2) is 6.66. The molecule has 1 aromatic rings. The average molecular weight is 295 g/mol. The summed E-state index contributed by atoms with van der Waals surface area (Å²) in [5, 5.41) is 19.1. The average Bonchev–Trinajstić information content (AvgIpc) is 2.82. The van der Waals surface area contributed by atoms with Gasteiger partial charge in [0.1, 0.15) is 0 Å². The van der Waals surface area contributed by atoms with Gasteiger partial charge in [0.25, 0.3) is 0 Å². The molecule has 116 valence electrons. The molecule has 8 heteroatoms. The Bertz CT molecular complexity index is 510. The highest BCUT2D eigenvalue weighted by atomic mass is 16.4. The second-order valence-corrected chi connectivity index (χ2v) is 5.49. The molecule has 21 heavy (non-hydrogen) atoms. The van der Waals surface area contributed by atoms with Gasteiger partial charge in [-0.1, -0.05) is 18.6 Å². The number of carboxylic acid groups (broad SMARTS) is 1. The van der Waals surface area contributed by atoms with E-state index >= 15 is 0 Å². The fourth-order valence-electron chi connectivity index (χ4n) is 2.42. The highest BCUT2D eigenvalue weighted by Crippen LogP contribution is 2.19. The number of likely N-dealkylation sites (tertiary alicyclic amines) is 1. The fraction of sp³-hybridized carbons (Fsp3) is 0.692. The minimum Gasteiger partial charge on any atom is -0.476 e. The van der Waals surface area contributed by atoms with Crippen molar-refractivity contribution >= 4 is 11.9 Å². The molecule has 1 atom stereocenters. The fourth-order valence-corrected chi connectivity index (χ4v) is 2.42. The lowest BCUT2D eigenvalue weighted by Crippen LogP contribution is -2.52. The third-order valence-corrected chi connectivity index (χ3v) is 3.54. The van der Waals surface area contributed by atoms with E-state index in [-0.39, 0.29) is 23.7 Å². The SMILES string of the molecule is CCCC(C)NC(=O)CN1CC(n2cc(C(=O)O)nn2)C1. The Morgan fingerprint density at radius 2 is 2.24 bits per heavy atom. The minimum atomic E-state index is -1.08. The minimum absolute atomic E-state index is 0.0271. The van der Waals surface area contributed by atoms with Crippen molar-refractivity contribution in [2.24, 2.45) is 0 Å². The molecule has 1 fully saturated rings. The predicted molar refractivity (Wildman–Crippen MR) is 75.0 cm³/mol. The maximum atomic E-state index is 11.8. The molecule has 2 heterocycles. The van der Waals surface area contributed by atoms with Gasteiger partial charge in [-0.05, 0) is 13.3 Å². The third kappa shape index (κ3) is 4.01. The third-order valence-electron chi connectivity index (χ3n) is 3.54. The molecule has 1 aliphatic heterocycles. The maximum Gasteiger partial charge on any atom is 0.358 e. The Balaban J connectivity index is 1.73. The summed E-state index contributed by atoms with van der Waals surface area (Å²) >= 11 is 0. The summed E-state index contributed by atoms with van der Waals surface area (Å²) in [6.45, 7) is 5.82. The number of carbonyl (C=O) groups is 2. The molecular weight excluding hydrogens is 274 g/mol. The van der Waals surface area contributed by atoms with Crippen LogP contribution >= 0.6 is 0 Å². The van der Waals surface area contributed by atoms with Crippen molar-refractivity contribution in [1.29, 1.82) is 0 Å². The predicted octanol–water partition coefficient (Wildman–Crippen LogP) is 0.138. The Labute approximate surface area is 123 Å². The zero-order chi connectivity index (χ0) is 15.4. The summed E-state index contributed by atoms with van der Waals surface area (Å²) in [5.41, 5.74) is -0.0559. The molecule has 0 radical (unpaired) electrons. The summed E-state index contributed by atoms with van der Waals surface area (Å²) < 4.78 is 1.55. The van der Waals surface area contributed by atoms with Crippen molar-refractivity contribution < 1.29 is 14.7 Å². The van der Waals surface area contributed by atoms with Gasteiger partial charge >= 0.3 is 5.97 Å². The first-order valence-corrected chi connectivity index (χ1v) is 7.16. The number of carboxylic acids is 1. The normalized spacial score (nSPS) is 17.2. The van der Waals surface area contributed by atoms with Crippen LogP contribution in [0.5, 0.6) is 0 Å². The van der Waals surface area contributed by atoms with Crippen molar-refractivity contribution in [2.75, 3.05) is 19.6 Å². The molecule has 1 saturated heterocycles. The smallest absolute Gasteiger partial charge is 0.358 e. The molecule has 0 spiro atoms. The summed E-state index contributed by atoms with van der Waals surface area (Å²) in [4.78, 5) is 24.5. The summed E-state index contributed by atoms with van der Waals surface area (Å²) in [5.74, 6) is -1.05. The number of aromatic carboxylic acids is 1. The molecule has 8 nitrogen and oxygen atoms in total. The number of nitrogens with one attached hydrogen (secondary N) is 1. The Hall–Kier alpha value is -1.96. The second-order valence-electron chi connectivity index (χ2n) is 5.49. The first kappa shape index (κ1) is 15.4. The quantitative estimate of drug-likeness (QED) is 0.742. The molecule has 1 unspecified atom stereocenters. The van der Waals surface area contributed by atoms with E-state index in [0.29, 0.717) is 19.6 Å². The van der Waals surface area contributed by atoms with E-state index in [0.717, 1.165) is 12.8 Å². The first-order chi connectivity index (χ1) is 9.99. The van der Waals surface area contributed by atoms with Crippen LogP contribution in [0.1, 0.15) is 43.2 Å². The van der Waals surface area contributed by atoms with Gasteiger partial charge in [0.15, 0.2) is 5.69 Å². The van der Waals surface area contributed by atoms with Gasteiger partial charge in [0.2, 0.25) is 5.91 Å². The number of aromatic nitrogens is 3. The van der Waals surface area contributed by atoms with Crippen molar-refractivity contribution in [3.63, 3.8) is 0 Å². The zero-order valence-electron chi connectivity index (χ0n) is 12.3. The lowest BCUT2D eigenvalue weighted by atomic mass is 10.1. The molecule has 0 aromatic carbocycles. The Morgan fingerprint density at radius 3 is 2.81 bits per heavy atom. The van der Waals surface area contributed by atoms with Crippen LogP contribution in [0.25, 0.3) is 0 Å². The molecule has 2 rings (SSSR count). The zero-order valence-corrected chi connectivity index (χ0v) is 12.3. The lowest BCUT2D eigenvalue weighted by molar-refractivity contribution is -0.124. The van der Waals surface area contributed by atoms with E-state index in [2.05, 4.69) is 22.6 Å². The van der Waals surface area contributed by atoms with Crippen molar-refractivity contribution in [1.82, 2.24) is 25.2 Å². The van der Waals surface area contributed by atoms with E-state index in [1.54, 1.807) is 4.68 Å². The number of amides is 1. The number of carbonyl (C=O) groups excluding carboxylic acids is 1. The van der Waals surface area contributed by atoms with Gasteiger partial charge < -0.3 is 10.4 Å². The monoisotopic (exact) mass is 295 g/mol. The van der Waals surface area contributed by atoms with Gasteiger partial charge in [0.05, 0.1) is 18.8 Å². The molecule has 1 aliphatic rings. The maximum absolute atomic E-state index is 11.8. The van der Waals surface area contributed by atoms with Crippen LogP contribution in [0.3, 0.4) is 0 Å². The van der Waals surface area contributed by atoms with Gasteiger partial charge in [-0.15, -0.1) is 5.10 Å². The van der Waals surface area contributed by atoms with Crippen LogP contribution in [-0.4, -0.2) is 62.6 Å². The molecule has 1 amide bonds. The highest BCUT2D eigenvalue weighted by molar-refractivity contribution is 5.84. The van der Waals surface area contributed by atoms with E-state index in [9.17, 15) is 9.59 Å². The number of hydrogen-bond acceptors (Lipinski definition) is 5. The molecule has 0 saturated carbocycles. The molecule has 1 aromatic heterocycles. The van der Waals surface area contributed by atoms with Crippen LogP contribution in [0.4, 0.5) is 0 Å². The highest BCUT2D eigenvalue weighted by Gasteiger charge is 2.31. The van der Waals surface area contributed by atoms with Crippen LogP contribution in [0.2, 0.25) is 0 Å². The lowest BCUT2D eigenvalue weighted by Gasteiger charge is -2.38. The van der Waals surface area contributed by atoms with Gasteiger partial charge in [-0.3, -0.25) is 9.69 Å². The molecule has 0 aliphatic carbocycles. The number of nitrogens with zero attached hydrogens (tertiary/aromatic N) is 4. The van der Waals surface area contributed by atoms with Crippen LogP contribution < -0.4 is 5.32 Å². The summed E-state index contributed by atoms with van der Waals surface area (Å²) in [7, 11) is 0. The largest absolute Gasteiger partial charge is 0.476 e. The molecule has 2 N–H and O–H groups in total. The summed E-state index contributed by atoms with van der Waals surface area (Å²) in [6.07, 6.45) is 3.45. The molecule has 0 bridgehead atoms. The Morgan fingerprint density at radius 1 is 1.52 bits per heavy atom. The van der Waals surface area contributed by atoms with Gasteiger partial charge in [-0.25, -0.2) is 9.48 Å². The van der Waals surface area contributed by atoms with Crippen LogP contribution in [0, 0.1) is 0 Å². The van der Waals surface area contributed by atoms with Crippen molar-refractivity contribution in [2.45, 2.75) is 38.8 Å². The number of rotatable bonds is 7. The van der Waals surface area contributed by atoms with Gasteiger partial charge in [0, 0.05) is 19.1 Å². The van der Waals surface area contributed by atoms with E-state index in [1.165, 1.54) is 6.20 Å². The van der Waals surface area contributed by atoms with Crippen LogP contribution in [-0.2, 0) is 4.79 Å².